The van der Waals surface area contributed by atoms with Gasteiger partial charge in [-0.3, -0.25) is 29.0 Å². The van der Waals surface area contributed by atoms with E-state index in [0.717, 1.165) is 16.2 Å². The van der Waals surface area contributed by atoms with Crippen LogP contribution in [0.4, 0.5) is 5.69 Å². The van der Waals surface area contributed by atoms with Crippen LogP contribution in [0.2, 0.25) is 0 Å². The van der Waals surface area contributed by atoms with Crippen LogP contribution in [0.15, 0.2) is 48.8 Å². The monoisotopic (exact) mass is 610 g/mol. The SMILES string of the molecule is COC(=O)C[C@H]1C(=O)N(CC(=O)O)CCN1C(=O)[C@H](CC(=O)N1CCN(c2ccncc2)CC1)NCc1ccc(OC)cc1. The number of carbonyl (C=O) groups is 5. The minimum absolute atomic E-state index is 0.000965. The molecule has 0 spiro atoms. The maximum Gasteiger partial charge on any atom is 0.323 e. The standard InChI is InChI=1S/C30H38N6O8/c1-43-23-5-3-21(4-6-23)19-32-24(17-26(37)34-13-11-33(12-14-34)22-7-9-31-10-8-22)29(41)36-16-15-35(20-27(38)39)30(42)25(36)18-28(40)44-2/h3-10,24-25,32H,11-20H2,1-2H3,(H,38,39)/t24-,25-/m0/s1. The van der Waals surface area contributed by atoms with E-state index in [9.17, 15) is 29.1 Å². The number of anilines is 1. The number of methoxy groups -OCH3 is 2. The Hall–Kier alpha value is -4.72. The molecule has 1 aromatic heterocycles. The number of pyridine rings is 1. The number of hydrogen-bond donors (Lipinski definition) is 2. The van der Waals surface area contributed by atoms with Crippen molar-refractivity contribution < 1.29 is 38.6 Å². The van der Waals surface area contributed by atoms with E-state index in [2.05, 4.69) is 15.2 Å². The van der Waals surface area contributed by atoms with Crippen LogP contribution in [0.1, 0.15) is 18.4 Å². The molecule has 236 valence electrons. The molecule has 2 aliphatic heterocycles. The molecular formula is C30H38N6O8. The van der Waals surface area contributed by atoms with E-state index in [1.54, 1.807) is 36.5 Å². The normalized spacial score (nSPS) is 17.7. The predicted molar refractivity (Wildman–Crippen MR) is 158 cm³/mol. The molecule has 2 aromatic rings. The number of benzene rings is 1. The summed E-state index contributed by atoms with van der Waals surface area (Å²) in [5.41, 5.74) is 1.86. The number of carboxylic acid groups (broad SMARTS) is 1. The van der Waals surface area contributed by atoms with Crippen molar-refractivity contribution >= 4 is 35.3 Å². The first-order valence-electron chi connectivity index (χ1n) is 14.4. The van der Waals surface area contributed by atoms with E-state index >= 15 is 0 Å². The molecule has 2 fully saturated rings. The first-order valence-corrected chi connectivity index (χ1v) is 14.4. The van der Waals surface area contributed by atoms with Crippen molar-refractivity contribution in [2.24, 2.45) is 0 Å². The molecule has 1 aromatic carbocycles. The van der Waals surface area contributed by atoms with Crippen molar-refractivity contribution in [2.45, 2.75) is 31.5 Å². The molecule has 0 radical (unpaired) electrons. The topological polar surface area (TPSA) is 162 Å². The Bertz CT molecular complexity index is 1320. The van der Waals surface area contributed by atoms with Crippen LogP contribution in [0.3, 0.4) is 0 Å². The molecule has 0 aliphatic carbocycles. The second kappa shape index (κ2) is 15.1. The van der Waals surface area contributed by atoms with Crippen molar-refractivity contribution in [2.75, 3.05) is 64.9 Å². The Morgan fingerprint density at radius 2 is 1.66 bits per heavy atom. The minimum atomic E-state index is -1.26. The predicted octanol–water partition coefficient (Wildman–Crippen LogP) is -0.0256. The zero-order valence-corrected chi connectivity index (χ0v) is 24.9. The van der Waals surface area contributed by atoms with Gasteiger partial charge in [-0.2, -0.15) is 0 Å². The maximum atomic E-state index is 14.0. The highest BCUT2D eigenvalue weighted by atomic mass is 16.5. The first-order chi connectivity index (χ1) is 21.2. The largest absolute Gasteiger partial charge is 0.497 e. The zero-order chi connectivity index (χ0) is 31.6. The molecule has 0 saturated carbocycles. The fourth-order valence-corrected chi connectivity index (χ4v) is 5.37. The number of nitrogens with zero attached hydrogens (tertiary/aromatic N) is 5. The van der Waals surface area contributed by atoms with E-state index in [4.69, 9.17) is 9.47 Å². The van der Waals surface area contributed by atoms with Gasteiger partial charge in [0.1, 0.15) is 18.3 Å². The molecule has 4 rings (SSSR count). The Kier molecular flexibility index (Phi) is 11.1. The summed E-state index contributed by atoms with van der Waals surface area (Å²) >= 11 is 0. The number of ether oxygens (including phenoxy) is 2. The van der Waals surface area contributed by atoms with Crippen LogP contribution in [-0.4, -0.2) is 127 Å². The smallest absolute Gasteiger partial charge is 0.323 e. The van der Waals surface area contributed by atoms with Gasteiger partial charge < -0.3 is 39.5 Å². The lowest BCUT2D eigenvalue weighted by atomic mass is 10.0. The summed E-state index contributed by atoms with van der Waals surface area (Å²) in [4.78, 5) is 74.7. The number of carboxylic acids is 1. The number of hydrogen-bond acceptors (Lipinski definition) is 10. The van der Waals surface area contributed by atoms with Gasteiger partial charge in [-0.25, -0.2) is 0 Å². The Labute approximate surface area is 255 Å². The van der Waals surface area contributed by atoms with Gasteiger partial charge in [-0.15, -0.1) is 0 Å². The van der Waals surface area contributed by atoms with Crippen molar-refractivity contribution in [3.8, 4) is 5.75 Å². The number of carbonyl (C=O) groups excluding carboxylic acids is 4. The number of amides is 3. The molecular weight excluding hydrogens is 572 g/mol. The van der Waals surface area contributed by atoms with Gasteiger partial charge in [0.2, 0.25) is 17.7 Å². The first kappa shape index (κ1) is 32.2. The van der Waals surface area contributed by atoms with Crippen LogP contribution in [0.25, 0.3) is 0 Å². The van der Waals surface area contributed by atoms with E-state index in [0.29, 0.717) is 31.9 Å². The summed E-state index contributed by atoms with van der Waals surface area (Å²) < 4.78 is 9.97. The summed E-state index contributed by atoms with van der Waals surface area (Å²) in [6.45, 7) is 1.85. The second-order valence-corrected chi connectivity index (χ2v) is 10.5. The highest BCUT2D eigenvalue weighted by Crippen LogP contribution is 2.20. The molecule has 2 saturated heterocycles. The number of nitrogens with one attached hydrogen (secondary N) is 1. The quantitative estimate of drug-likeness (QED) is 0.311. The van der Waals surface area contributed by atoms with Gasteiger partial charge in [-0.1, -0.05) is 12.1 Å². The summed E-state index contributed by atoms with van der Waals surface area (Å²) in [5, 5.41) is 12.4. The van der Waals surface area contributed by atoms with Gasteiger partial charge >= 0.3 is 11.9 Å². The van der Waals surface area contributed by atoms with E-state index in [-0.39, 0.29) is 32.0 Å². The van der Waals surface area contributed by atoms with Gasteiger partial charge in [0.05, 0.1) is 33.1 Å². The Morgan fingerprint density at radius 3 is 2.27 bits per heavy atom. The molecule has 14 nitrogen and oxygen atoms in total. The van der Waals surface area contributed by atoms with Gasteiger partial charge in [0.25, 0.3) is 0 Å². The van der Waals surface area contributed by atoms with Crippen LogP contribution in [0.5, 0.6) is 5.75 Å². The number of esters is 1. The number of aliphatic carboxylic acids is 1. The van der Waals surface area contributed by atoms with E-state index in [1.807, 2.05) is 24.3 Å². The molecule has 44 heavy (non-hydrogen) atoms. The van der Waals surface area contributed by atoms with Crippen molar-refractivity contribution in [3.63, 3.8) is 0 Å². The van der Waals surface area contributed by atoms with Gasteiger partial charge in [-0.05, 0) is 29.8 Å². The van der Waals surface area contributed by atoms with Crippen LogP contribution in [-0.2, 0) is 35.3 Å². The molecule has 14 heteroatoms. The molecule has 3 heterocycles. The van der Waals surface area contributed by atoms with E-state index in [1.165, 1.54) is 12.0 Å². The fourth-order valence-electron chi connectivity index (χ4n) is 5.37. The van der Waals surface area contributed by atoms with Crippen molar-refractivity contribution in [1.29, 1.82) is 0 Å². The maximum absolute atomic E-state index is 14.0. The Morgan fingerprint density at radius 1 is 0.977 bits per heavy atom. The summed E-state index contributed by atoms with van der Waals surface area (Å²) in [6.07, 6.45) is 2.83. The molecule has 2 N–H and O–H groups in total. The third kappa shape index (κ3) is 8.22. The second-order valence-electron chi connectivity index (χ2n) is 10.5. The van der Waals surface area contributed by atoms with Crippen LogP contribution < -0.4 is 15.0 Å². The van der Waals surface area contributed by atoms with Gasteiger partial charge in [0.15, 0.2) is 0 Å². The number of aromatic nitrogens is 1. The number of rotatable bonds is 12. The third-order valence-electron chi connectivity index (χ3n) is 7.83. The highest BCUT2D eigenvalue weighted by Gasteiger charge is 2.42. The Balaban J connectivity index is 1.50. The summed E-state index contributed by atoms with van der Waals surface area (Å²) in [5.74, 6) is -2.66. The van der Waals surface area contributed by atoms with Gasteiger partial charge in [0, 0.05) is 63.9 Å². The fraction of sp³-hybridized carbons (Fsp3) is 0.467. The molecule has 2 aliphatic rings. The molecule has 0 bridgehead atoms. The average Bonchev–Trinajstić information content (AvgIpc) is 3.05. The third-order valence-corrected chi connectivity index (χ3v) is 7.83. The lowest BCUT2D eigenvalue weighted by Gasteiger charge is -2.41. The minimum Gasteiger partial charge on any atom is -0.497 e. The van der Waals surface area contributed by atoms with E-state index < -0.39 is 48.8 Å². The van der Waals surface area contributed by atoms with Crippen molar-refractivity contribution in [3.05, 3.63) is 54.4 Å². The summed E-state index contributed by atoms with van der Waals surface area (Å²) in [7, 11) is 2.73. The lowest BCUT2D eigenvalue weighted by Crippen LogP contribution is -2.63. The summed E-state index contributed by atoms with van der Waals surface area (Å²) in [6, 6.07) is 8.80. The molecule has 2 atom stereocenters. The average molecular weight is 611 g/mol. The van der Waals surface area contributed by atoms with Crippen molar-refractivity contribution in [1.82, 2.24) is 25.0 Å². The van der Waals surface area contributed by atoms with Crippen LogP contribution >= 0.6 is 0 Å². The zero-order valence-electron chi connectivity index (χ0n) is 24.9. The van der Waals surface area contributed by atoms with Crippen LogP contribution in [0, 0.1) is 0 Å². The highest BCUT2D eigenvalue weighted by molar-refractivity contribution is 5.96. The number of piperazine rings is 2. The molecule has 3 amide bonds. The molecule has 0 unspecified atom stereocenters. The lowest BCUT2D eigenvalue weighted by molar-refractivity contribution is -0.160.